The van der Waals surface area contributed by atoms with Gasteiger partial charge in [0.15, 0.2) is 5.75 Å². The Kier molecular flexibility index (Phi) is 6.25. The van der Waals surface area contributed by atoms with Gasteiger partial charge in [-0.1, -0.05) is 37.0 Å². The smallest absolute Gasteiger partial charge is 0.319 e. The highest BCUT2D eigenvalue weighted by Gasteiger charge is 2.10. The first kappa shape index (κ1) is 15.9. The highest BCUT2D eigenvalue weighted by Crippen LogP contribution is 2.35. The van der Waals surface area contributed by atoms with Crippen molar-refractivity contribution < 1.29 is 9.53 Å². The lowest BCUT2D eigenvalue weighted by molar-refractivity contribution is 0.251. The Morgan fingerprint density at radius 1 is 1.32 bits per heavy atom. The number of hydrogen-bond donors (Lipinski definition) is 2. The predicted molar refractivity (Wildman–Crippen MR) is 79.5 cm³/mol. The summed E-state index contributed by atoms with van der Waals surface area (Å²) in [7, 11) is 1.48. The van der Waals surface area contributed by atoms with Crippen LogP contribution >= 0.6 is 23.2 Å². The summed E-state index contributed by atoms with van der Waals surface area (Å²) in [4.78, 5) is 11.6. The monoisotopic (exact) mass is 304 g/mol. The van der Waals surface area contributed by atoms with E-state index in [9.17, 15) is 4.79 Å². The van der Waals surface area contributed by atoms with Gasteiger partial charge < -0.3 is 15.4 Å². The lowest BCUT2D eigenvalue weighted by Gasteiger charge is -2.11. The lowest BCUT2D eigenvalue weighted by atomic mass is 10.1. The topological polar surface area (TPSA) is 50.4 Å². The average Bonchev–Trinajstić information content (AvgIpc) is 2.27. The summed E-state index contributed by atoms with van der Waals surface area (Å²) in [5.74, 6) is 0.944. The molecule has 0 aliphatic rings. The van der Waals surface area contributed by atoms with Crippen molar-refractivity contribution in [3.63, 3.8) is 0 Å². The van der Waals surface area contributed by atoms with Gasteiger partial charge in [0.25, 0.3) is 0 Å². The number of rotatable bonds is 5. The van der Waals surface area contributed by atoms with Gasteiger partial charge in [-0.25, -0.2) is 4.79 Å². The van der Waals surface area contributed by atoms with E-state index in [1.165, 1.54) is 7.11 Å². The minimum Gasteiger partial charge on any atom is -0.494 e. The van der Waals surface area contributed by atoms with Crippen LogP contribution in [0.4, 0.5) is 10.5 Å². The van der Waals surface area contributed by atoms with Crippen LogP contribution in [-0.4, -0.2) is 19.7 Å². The van der Waals surface area contributed by atoms with Gasteiger partial charge in [0.1, 0.15) is 0 Å². The van der Waals surface area contributed by atoms with E-state index in [0.717, 1.165) is 6.42 Å². The maximum absolute atomic E-state index is 11.6. The molecule has 0 aliphatic carbocycles. The van der Waals surface area contributed by atoms with Crippen LogP contribution in [0.15, 0.2) is 12.1 Å². The second kappa shape index (κ2) is 7.46. The first-order valence-corrected chi connectivity index (χ1v) is 6.77. The molecule has 0 fully saturated rings. The van der Waals surface area contributed by atoms with Gasteiger partial charge in [0.2, 0.25) is 0 Å². The van der Waals surface area contributed by atoms with Gasteiger partial charge >= 0.3 is 6.03 Å². The SMILES string of the molecule is COc1c(Cl)cc(NC(=O)NCCC(C)C)cc1Cl. The fourth-order valence-corrected chi connectivity index (χ4v) is 2.12. The summed E-state index contributed by atoms with van der Waals surface area (Å²) in [5, 5.41) is 6.14. The van der Waals surface area contributed by atoms with Gasteiger partial charge in [-0.05, 0) is 24.5 Å². The molecular weight excluding hydrogens is 287 g/mol. The fourth-order valence-electron chi connectivity index (χ4n) is 1.48. The highest BCUT2D eigenvalue weighted by atomic mass is 35.5. The Labute approximate surface area is 123 Å². The molecule has 0 aliphatic heterocycles. The van der Waals surface area contributed by atoms with Crippen LogP contribution < -0.4 is 15.4 Å². The predicted octanol–water partition coefficient (Wildman–Crippen LogP) is 4.17. The van der Waals surface area contributed by atoms with Gasteiger partial charge in [0, 0.05) is 12.2 Å². The number of anilines is 1. The van der Waals surface area contributed by atoms with Crippen LogP contribution in [0, 0.1) is 5.92 Å². The van der Waals surface area contributed by atoms with E-state index in [2.05, 4.69) is 24.5 Å². The fraction of sp³-hybridized carbons (Fsp3) is 0.462. The maximum Gasteiger partial charge on any atom is 0.319 e. The van der Waals surface area contributed by atoms with Crippen LogP contribution in [0.2, 0.25) is 10.0 Å². The minimum absolute atomic E-state index is 0.280. The summed E-state index contributed by atoms with van der Waals surface area (Å²) >= 11 is 12.0. The molecule has 0 heterocycles. The number of hydrogen-bond acceptors (Lipinski definition) is 2. The van der Waals surface area contributed by atoms with E-state index in [-0.39, 0.29) is 6.03 Å². The third-order valence-corrected chi connectivity index (χ3v) is 3.03. The number of nitrogens with one attached hydrogen (secondary N) is 2. The molecule has 1 aromatic rings. The molecule has 19 heavy (non-hydrogen) atoms. The molecule has 0 saturated carbocycles. The molecule has 4 nitrogen and oxygen atoms in total. The van der Waals surface area contributed by atoms with E-state index in [0.29, 0.717) is 33.9 Å². The molecule has 0 saturated heterocycles. The van der Waals surface area contributed by atoms with Crippen molar-refractivity contribution in [2.24, 2.45) is 5.92 Å². The van der Waals surface area contributed by atoms with Crippen LogP contribution in [0.25, 0.3) is 0 Å². The molecular formula is C13H18Cl2N2O2. The number of methoxy groups -OCH3 is 1. The number of urea groups is 1. The molecule has 0 unspecified atom stereocenters. The molecule has 106 valence electrons. The number of ether oxygens (including phenoxy) is 1. The van der Waals surface area contributed by atoms with Gasteiger partial charge in [-0.15, -0.1) is 0 Å². The van der Waals surface area contributed by atoms with Crippen molar-refractivity contribution in [2.45, 2.75) is 20.3 Å². The zero-order valence-electron chi connectivity index (χ0n) is 11.2. The summed E-state index contributed by atoms with van der Waals surface area (Å²) in [6, 6.07) is 2.90. The normalized spacial score (nSPS) is 10.4. The Morgan fingerprint density at radius 3 is 2.37 bits per heavy atom. The van der Waals surface area contributed by atoms with Crippen molar-refractivity contribution >= 4 is 34.9 Å². The van der Waals surface area contributed by atoms with Crippen molar-refractivity contribution in [3.8, 4) is 5.75 Å². The van der Waals surface area contributed by atoms with Crippen LogP contribution in [0.3, 0.4) is 0 Å². The van der Waals surface area contributed by atoms with E-state index in [1.54, 1.807) is 12.1 Å². The molecule has 2 amide bonds. The van der Waals surface area contributed by atoms with Gasteiger partial charge in [-0.2, -0.15) is 0 Å². The van der Waals surface area contributed by atoms with E-state index in [1.807, 2.05) is 0 Å². The summed E-state index contributed by atoms with van der Waals surface area (Å²) in [6.45, 7) is 4.83. The number of carbonyl (C=O) groups excluding carboxylic acids is 1. The summed E-state index contributed by atoms with van der Waals surface area (Å²) in [6.07, 6.45) is 0.928. The van der Waals surface area contributed by atoms with Crippen molar-refractivity contribution in [2.75, 3.05) is 19.0 Å². The molecule has 0 radical (unpaired) electrons. The lowest BCUT2D eigenvalue weighted by Crippen LogP contribution is -2.30. The second-order valence-electron chi connectivity index (χ2n) is 4.54. The minimum atomic E-state index is -0.280. The molecule has 6 heteroatoms. The Bertz CT molecular complexity index is 427. The highest BCUT2D eigenvalue weighted by molar-refractivity contribution is 6.37. The van der Waals surface area contributed by atoms with Crippen molar-refractivity contribution in [3.05, 3.63) is 22.2 Å². The molecule has 0 spiro atoms. The van der Waals surface area contributed by atoms with E-state index in [4.69, 9.17) is 27.9 Å². The third-order valence-electron chi connectivity index (χ3n) is 2.47. The molecule has 0 atom stereocenters. The van der Waals surface area contributed by atoms with Crippen molar-refractivity contribution in [1.82, 2.24) is 5.32 Å². The Hall–Kier alpha value is -1.13. The second-order valence-corrected chi connectivity index (χ2v) is 5.35. The molecule has 1 aromatic carbocycles. The number of halogens is 2. The largest absolute Gasteiger partial charge is 0.494 e. The Morgan fingerprint density at radius 2 is 1.89 bits per heavy atom. The van der Waals surface area contributed by atoms with E-state index >= 15 is 0 Å². The van der Waals surface area contributed by atoms with Crippen molar-refractivity contribution in [1.29, 1.82) is 0 Å². The van der Waals surface area contributed by atoms with Crippen LogP contribution in [0.1, 0.15) is 20.3 Å². The number of benzene rings is 1. The zero-order valence-corrected chi connectivity index (χ0v) is 12.7. The standard InChI is InChI=1S/C13H18Cl2N2O2/c1-8(2)4-5-16-13(18)17-9-6-10(14)12(19-3)11(15)7-9/h6-8H,4-5H2,1-3H3,(H2,16,17,18). The molecule has 1 rings (SSSR count). The third kappa shape index (κ3) is 5.17. The molecule has 2 N–H and O–H groups in total. The maximum atomic E-state index is 11.6. The van der Waals surface area contributed by atoms with E-state index < -0.39 is 0 Å². The zero-order chi connectivity index (χ0) is 14.4. The quantitative estimate of drug-likeness (QED) is 0.858. The first-order valence-electron chi connectivity index (χ1n) is 6.02. The number of amides is 2. The van der Waals surface area contributed by atoms with Crippen LogP contribution in [-0.2, 0) is 0 Å². The average molecular weight is 305 g/mol. The van der Waals surface area contributed by atoms with Crippen LogP contribution in [0.5, 0.6) is 5.75 Å². The molecule has 0 bridgehead atoms. The first-order chi connectivity index (χ1) is 8.93. The molecule has 0 aromatic heterocycles. The summed E-state index contributed by atoms with van der Waals surface area (Å²) in [5.41, 5.74) is 0.526. The number of carbonyl (C=O) groups is 1. The van der Waals surface area contributed by atoms with Gasteiger partial charge in [0.05, 0.1) is 17.2 Å². The Balaban J connectivity index is 2.60. The summed E-state index contributed by atoms with van der Waals surface area (Å²) < 4.78 is 5.03. The van der Waals surface area contributed by atoms with Gasteiger partial charge in [-0.3, -0.25) is 0 Å².